The number of rotatable bonds is 16. The molecule has 0 heterocycles. The second-order valence-electron chi connectivity index (χ2n) is 8.70. The van der Waals surface area contributed by atoms with E-state index in [-0.39, 0.29) is 16.0 Å². The summed E-state index contributed by atoms with van der Waals surface area (Å²) in [5.41, 5.74) is 1.08. The highest BCUT2D eigenvalue weighted by atomic mass is 127. The molecular weight excluding hydrogens is 527 g/mol. The second-order valence-corrected chi connectivity index (χ2v) is 10.1. The number of unbranched alkanes of at least 4 members (excludes halogenated alkanes) is 9. The van der Waals surface area contributed by atoms with E-state index >= 15 is 0 Å². The van der Waals surface area contributed by atoms with Crippen LogP contribution in [0.25, 0.3) is 10.8 Å². The van der Waals surface area contributed by atoms with Crippen LogP contribution in [0.1, 0.15) is 112 Å². The van der Waals surface area contributed by atoms with Crippen molar-refractivity contribution in [3.63, 3.8) is 0 Å². The minimum absolute atomic E-state index is 0.115. The summed E-state index contributed by atoms with van der Waals surface area (Å²) in [5, 5.41) is 1.81. The minimum Gasteiger partial charge on any atom is -0.462 e. The van der Waals surface area contributed by atoms with Gasteiger partial charge in [-0.2, -0.15) is 0 Å². The van der Waals surface area contributed by atoms with Gasteiger partial charge in [-0.3, -0.25) is 0 Å². The molecule has 0 amide bonds. The Morgan fingerprint density at radius 3 is 1.85 bits per heavy atom. The van der Waals surface area contributed by atoms with Gasteiger partial charge in [-0.1, -0.05) is 83.8 Å². The summed E-state index contributed by atoms with van der Waals surface area (Å²) >= 11 is 2.20. The lowest BCUT2D eigenvalue weighted by Gasteiger charge is -2.12. The third kappa shape index (κ3) is 10.4. The summed E-state index contributed by atoms with van der Waals surface area (Å²) in [4.78, 5) is 24.9. The number of benzene rings is 2. The fourth-order valence-electron chi connectivity index (χ4n) is 3.78. The molecule has 0 radical (unpaired) electrons. The highest BCUT2D eigenvalue weighted by molar-refractivity contribution is 14.1. The Morgan fingerprint density at radius 2 is 1.24 bits per heavy atom. The number of hydrogen-bond acceptors (Lipinski definition) is 4. The van der Waals surface area contributed by atoms with Crippen LogP contribution in [0.5, 0.6) is 0 Å². The van der Waals surface area contributed by atoms with E-state index < -0.39 is 0 Å². The monoisotopic (exact) mass is 566 g/mol. The second kappa shape index (κ2) is 16.1. The highest BCUT2D eigenvalue weighted by Crippen LogP contribution is 2.21. The summed E-state index contributed by atoms with van der Waals surface area (Å²) in [5.74, 6) is -0.590. The number of fused-ring (bicyclic) bond motifs is 1. The van der Waals surface area contributed by atoms with Crippen molar-refractivity contribution in [1.29, 1.82) is 0 Å². The van der Waals surface area contributed by atoms with E-state index in [1.807, 2.05) is 24.3 Å². The van der Waals surface area contributed by atoms with Crippen LogP contribution < -0.4 is 0 Å². The third-order valence-corrected chi connectivity index (χ3v) is 6.69. The van der Waals surface area contributed by atoms with Crippen molar-refractivity contribution in [2.45, 2.75) is 95.0 Å². The Hall–Kier alpha value is -1.63. The van der Waals surface area contributed by atoms with E-state index in [0.717, 1.165) is 36.5 Å². The zero-order valence-corrected chi connectivity index (χ0v) is 22.4. The standard InChI is InChI=1S/C28H39IO4/c1-3-5-7-9-11-13-19-32-27(30)24-17-15-23-21-25(18-16-22(23)20-24)28(31)33-26(29)14-12-10-8-6-4-2/h15-18,20-21,26H,3-14,19H2,1-2H3. The van der Waals surface area contributed by atoms with E-state index in [4.69, 9.17) is 9.47 Å². The van der Waals surface area contributed by atoms with Gasteiger partial charge in [0.05, 0.1) is 17.7 Å². The Bertz CT molecular complexity index is 864. The minimum atomic E-state index is -0.299. The summed E-state index contributed by atoms with van der Waals surface area (Å²) in [6.45, 7) is 4.87. The van der Waals surface area contributed by atoms with Gasteiger partial charge < -0.3 is 9.47 Å². The molecule has 0 aliphatic rings. The number of carbonyl (C=O) groups is 2. The highest BCUT2D eigenvalue weighted by Gasteiger charge is 2.14. The molecule has 2 aromatic rings. The molecule has 0 N–H and O–H groups in total. The molecular formula is C28H39IO4. The molecule has 33 heavy (non-hydrogen) atoms. The first-order valence-corrected chi connectivity index (χ1v) is 13.9. The lowest BCUT2D eigenvalue weighted by atomic mass is 10.0. The number of hydrogen-bond donors (Lipinski definition) is 0. The van der Waals surface area contributed by atoms with Gasteiger partial charge in [0.1, 0.15) is 0 Å². The molecule has 0 saturated carbocycles. The molecule has 1 unspecified atom stereocenters. The van der Waals surface area contributed by atoms with Crippen LogP contribution in [0.4, 0.5) is 0 Å². The first kappa shape index (κ1) is 27.6. The fourth-order valence-corrected chi connectivity index (χ4v) is 4.45. The lowest BCUT2D eigenvalue weighted by Crippen LogP contribution is -2.12. The molecule has 0 spiro atoms. The number of ether oxygens (including phenoxy) is 2. The van der Waals surface area contributed by atoms with Crippen LogP contribution >= 0.6 is 22.6 Å². The summed E-state index contributed by atoms with van der Waals surface area (Å²) in [6.07, 6.45) is 13.8. The molecule has 0 fully saturated rings. The molecule has 0 saturated heterocycles. The van der Waals surface area contributed by atoms with E-state index in [1.54, 1.807) is 12.1 Å². The van der Waals surface area contributed by atoms with Gasteiger partial charge >= 0.3 is 11.9 Å². The van der Waals surface area contributed by atoms with Crippen molar-refractivity contribution in [2.24, 2.45) is 0 Å². The quantitative estimate of drug-likeness (QED) is 0.0884. The normalized spacial score (nSPS) is 12.0. The number of halogens is 1. The molecule has 0 aliphatic heterocycles. The van der Waals surface area contributed by atoms with Crippen molar-refractivity contribution in [3.05, 3.63) is 47.5 Å². The lowest BCUT2D eigenvalue weighted by molar-refractivity contribution is 0.0466. The molecule has 1 atom stereocenters. The number of alkyl halides is 1. The fraction of sp³-hybridized carbons (Fsp3) is 0.571. The van der Waals surface area contributed by atoms with Gasteiger partial charge in [0, 0.05) is 0 Å². The van der Waals surface area contributed by atoms with Crippen LogP contribution in [0.3, 0.4) is 0 Å². The average molecular weight is 567 g/mol. The Labute approximate surface area is 212 Å². The zero-order valence-electron chi connectivity index (χ0n) is 20.2. The predicted octanol–water partition coefficient (Wildman–Crippen LogP) is 8.64. The van der Waals surface area contributed by atoms with Gasteiger partial charge in [0.15, 0.2) is 4.11 Å². The maximum atomic E-state index is 12.5. The van der Waals surface area contributed by atoms with Crippen LogP contribution in [-0.2, 0) is 9.47 Å². The van der Waals surface area contributed by atoms with Crippen molar-refractivity contribution in [2.75, 3.05) is 6.61 Å². The van der Waals surface area contributed by atoms with Gasteiger partial charge in [0.2, 0.25) is 0 Å². The predicted molar refractivity (Wildman–Crippen MR) is 144 cm³/mol. The molecule has 2 aromatic carbocycles. The maximum absolute atomic E-state index is 12.5. The molecule has 0 aromatic heterocycles. The first-order valence-electron chi connectivity index (χ1n) is 12.6. The van der Waals surface area contributed by atoms with E-state index in [9.17, 15) is 9.59 Å². The molecule has 182 valence electrons. The SMILES string of the molecule is CCCCCCCCOC(=O)c1ccc2cc(C(=O)OC(I)CCCCCCC)ccc2c1. The molecule has 2 rings (SSSR count). The van der Waals surface area contributed by atoms with Gasteiger partial charge in [-0.15, -0.1) is 0 Å². The van der Waals surface area contributed by atoms with Gasteiger partial charge in [-0.25, -0.2) is 9.59 Å². The van der Waals surface area contributed by atoms with E-state index in [1.165, 1.54) is 51.4 Å². The van der Waals surface area contributed by atoms with Gasteiger partial charge in [0.25, 0.3) is 0 Å². The zero-order chi connectivity index (χ0) is 23.9. The van der Waals surface area contributed by atoms with Crippen molar-refractivity contribution >= 4 is 45.3 Å². The van der Waals surface area contributed by atoms with Crippen LogP contribution in [-0.4, -0.2) is 22.7 Å². The summed E-state index contributed by atoms with van der Waals surface area (Å²) in [6, 6.07) is 10.9. The maximum Gasteiger partial charge on any atom is 0.339 e. The Balaban J connectivity index is 1.83. The van der Waals surface area contributed by atoms with Crippen LogP contribution in [0.15, 0.2) is 36.4 Å². The molecule has 0 bridgehead atoms. The Kier molecular flexibility index (Phi) is 13.5. The molecule has 5 heteroatoms. The number of carbonyl (C=O) groups excluding carboxylic acids is 2. The average Bonchev–Trinajstić information content (AvgIpc) is 2.82. The topological polar surface area (TPSA) is 52.6 Å². The summed E-state index contributed by atoms with van der Waals surface area (Å²) < 4.78 is 10.9. The number of esters is 2. The van der Waals surface area contributed by atoms with Gasteiger partial charge in [-0.05, 0) is 76.9 Å². The van der Waals surface area contributed by atoms with E-state index in [0.29, 0.717) is 17.7 Å². The van der Waals surface area contributed by atoms with Crippen LogP contribution in [0, 0.1) is 0 Å². The Morgan fingerprint density at radius 1 is 0.727 bits per heavy atom. The van der Waals surface area contributed by atoms with Crippen molar-refractivity contribution < 1.29 is 19.1 Å². The van der Waals surface area contributed by atoms with E-state index in [2.05, 4.69) is 36.4 Å². The van der Waals surface area contributed by atoms with Crippen molar-refractivity contribution in [3.8, 4) is 0 Å². The van der Waals surface area contributed by atoms with Crippen LogP contribution in [0.2, 0.25) is 0 Å². The first-order chi connectivity index (χ1) is 16.0. The summed E-state index contributed by atoms with van der Waals surface area (Å²) in [7, 11) is 0. The smallest absolute Gasteiger partial charge is 0.339 e. The largest absolute Gasteiger partial charge is 0.462 e. The van der Waals surface area contributed by atoms with Crippen molar-refractivity contribution in [1.82, 2.24) is 0 Å². The molecule has 0 aliphatic carbocycles. The molecule has 4 nitrogen and oxygen atoms in total. The third-order valence-electron chi connectivity index (χ3n) is 5.81.